The summed E-state index contributed by atoms with van der Waals surface area (Å²) >= 11 is 13.5. The van der Waals surface area contributed by atoms with E-state index in [1.54, 1.807) is 29.5 Å². The number of aryl methyl sites for hydroxylation is 1. The van der Waals surface area contributed by atoms with E-state index in [2.05, 4.69) is 5.32 Å². The molecule has 2 nitrogen and oxygen atoms in total. The quantitative estimate of drug-likeness (QED) is 0.876. The first-order chi connectivity index (χ1) is 8.66. The molecule has 2 aromatic rings. The van der Waals surface area contributed by atoms with E-state index in [1.165, 1.54) is 4.88 Å². The summed E-state index contributed by atoms with van der Waals surface area (Å²) in [6.45, 7) is 0. The normalized spacial score (nSPS) is 10.3. The molecule has 0 spiro atoms. The van der Waals surface area contributed by atoms with E-state index in [0.29, 0.717) is 22.2 Å². The minimum absolute atomic E-state index is 0.0624. The average Bonchev–Trinajstić information content (AvgIpc) is 2.86. The van der Waals surface area contributed by atoms with E-state index in [0.717, 1.165) is 6.42 Å². The molecule has 0 bridgehead atoms. The zero-order valence-electron chi connectivity index (χ0n) is 9.45. The number of hydrogen-bond donors (Lipinski definition) is 1. The van der Waals surface area contributed by atoms with Crippen LogP contribution in [0.1, 0.15) is 11.3 Å². The van der Waals surface area contributed by atoms with Gasteiger partial charge in [0, 0.05) is 11.3 Å². The van der Waals surface area contributed by atoms with Crippen molar-refractivity contribution in [2.75, 3.05) is 5.32 Å². The van der Waals surface area contributed by atoms with Crippen LogP contribution in [0.3, 0.4) is 0 Å². The van der Waals surface area contributed by atoms with Crippen LogP contribution in [0.25, 0.3) is 0 Å². The van der Waals surface area contributed by atoms with Crippen LogP contribution in [-0.4, -0.2) is 5.91 Å². The molecule has 0 fully saturated rings. The highest BCUT2D eigenvalue weighted by Crippen LogP contribution is 2.29. The third-order valence-corrected chi connectivity index (χ3v) is 4.16. The largest absolute Gasteiger partial charge is 0.325 e. The van der Waals surface area contributed by atoms with E-state index in [-0.39, 0.29) is 5.91 Å². The molecule has 94 valence electrons. The van der Waals surface area contributed by atoms with Crippen LogP contribution in [0.5, 0.6) is 0 Å². The average molecular weight is 300 g/mol. The zero-order valence-corrected chi connectivity index (χ0v) is 11.8. The van der Waals surface area contributed by atoms with Gasteiger partial charge < -0.3 is 5.32 Å². The van der Waals surface area contributed by atoms with Gasteiger partial charge in [-0.1, -0.05) is 35.3 Å². The number of hydrogen-bond acceptors (Lipinski definition) is 2. The van der Waals surface area contributed by atoms with E-state index < -0.39 is 0 Å². The Balaban J connectivity index is 1.93. The summed E-state index contributed by atoms with van der Waals surface area (Å²) in [6, 6.07) is 9.17. The van der Waals surface area contributed by atoms with Crippen LogP contribution in [-0.2, 0) is 11.2 Å². The van der Waals surface area contributed by atoms with Crippen molar-refractivity contribution in [3.63, 3.8) is 0 Å². The molecule has 18 heavy (non-hydrogen) atoms. The van der Waals surface area contributed by atoms with Gasteiger partial charge in [-0.2, -0.15) is 0 Å². The summed E-state index contributed by atoms with van der Waals surface area (Å²) < 4.78 is 0. The molecule has 0 saturated carbocycles. The Morgan fingerprint density at radius 2 is 2.06 bits per heavy atom. The van der Waals surface area contributed by atoms with Gasteiger partial charge in [0.1, 0.15) is 0 Å². The van der Waals surface area contributed by atoms with Crippen LogP contribution < -0.4 is 5.32 Å². The van der Waals surface area contributed by atoms with Gasteiger partial charge in [-0.3, -0.25) is 4.79 Å². The van der Waals surface area contributed by atoms with E-state index in [4.69, 9.17) is 23.2 Å². The molecule has 0 aliphatic heterocycles. The highest BCUT2D eigenvalue weighted by Gasteiger charge is 2.08. The summed E-state index contributed by atoms with van der Waals surface area (Å²) in [6.07, 6.45) is 1.17. The van der Waals surface area contributed by atoms with Gasteiger partial charge in [0.05, 0.1) is 15.7 Å². The Kier molecular flexibility index (Phi) is 4.64. The molecule has 0 saturated heterocycles. The lowest BCUT2D eigenvalue weighted by molar-refractivity contribution is -0.116. The summed E-state index contributed by atoms with van der Waals surface area (Å²) in [7, 11) is 0. The van der Waals surface area contributed by atoms with Crippen LogP contribution in [0.4, 0.5) is 5.69 Å². The molecule has 0 aliphatic rings. The smallest absolute Gasteiger partial charge is 0.224 e. The van der Waals surface area contributed by atoms with Gasteiger partial charge in [-0.15, -0.1) is 11.3 Å². The molecule has 1 heterocycles. The Hall–Kier alpha value is -1.03. The number of carbonyl (C=O) groups excluding carboxylic acids is 1. The third kappa shape index (κ3) is 3.48. The summed E-state index contributed by atoms with van der Waals surface area (Å²) in [4.78, 5) is 13.0. The predicted octanol–water partition coefficient (Wildman–Crippen LogP) is 4.63. The molecule has 2 rings (SSSR count). The molecule has 1 N–H and O–H groups in total. The number of carbonyl (C=O) groups is 1. The number of anilines is 1. The fourth-order valence-electron chi connectivity index (χ4n) is 1.50. The van der Waals surface area contributed by atoms with Crippen LogP contribution in [0, 0.1) is 0 Å². The molecule has 0 radical (unpaired) electrons. The number of nitrogens with one attached hydrogen (secondary N) is 1. The SMILES string of the molecule is O=C(CCc1cccs1)Nc1cccc(Cl)c1Cl. The van der Waals surface area contributed by atoms with Gasteiger partial charge in [-0.25, -0.2) is 0 Å². The first-order valence-electron chi connectivity index (χ1n) is 5.43. The van der Waals surface area contributed by atoms with E-state index in [9.17, 15) is 4.79 Å². The van der Waals surface area contributed by atoms with Gasteiger partial charge in [0.2, 0.25) is 5.91 Å². The fourth-order valence-corrected chi connectivity index (χ4v) is 2.56. The standard InChI is InChI=1S/C13H11Cl2NOS/c14-10-4-1-5-11(13(10)15)16-12(17)7-6-9-3-2-8-18-9/h1-5,8H,6-7H2,(H,16,17). The number of amides is 1. The molecule has 0 atom stereocenters. The fraction of sp³-hybridized carbons (Fsp3) is 0.154. The lowest BCUT2D eigenvalue weighted by atomic mass is 10.2. The topological polar surface area (TPSA) is 29.1 Å². The second-order valence-corrected chi connectivity index (χ2v) is 5.55. The lowest BCUT2D eigenvalue weighted by Crippen LogP contribution is -2.12. The van der Waals surface area contributed by atoms with Crippen LogP contribution >= 0.6 is 34.5 Å². The van der Waals surface area contributed by atoms with Gasteiger partial charge in [0.25, 0.3) is 0 Å². The zero-order chi connectivity index (χ0) is 13.0. The van der Waals surface area contributed by atoms with Gasteiger partial charge in [0.15, 0.2) is 0 Å². The molecule has 1 amide bonds. The monoisotopic (exact) mass is 299 g/mol. The minimum Gasteiger partial charge on any atom is -0.325 e. The highest BCUT2D eigenvalue weighted by molar-refractivity contribution is 7.09. The van der Waals surface area contributed by atoms with Crippen LogP contribution in [0.2, 0.25) is 10.0 Å². The summed E-state index contributed by atoms with van der Waals surface area (Å²) in [5.41, 5.74) is 0.556. The Labute approximate surface area is 120 Å². The molecule has 1 aromatic heterocycles. The molecule has 5 heteroatoms. The third-order valence-electron chi connectivity index (χ3n) is 2.40. The Bertz CT molecular complexity index is 540. The van der Waals surface area contributed by atoms with Crippen molar-refractivity contribution in [1.29, 1.82) is 0 Å². The lowest BCUT2D eigenvalue weighted by Gasteiger charge is -2.07. The van der Waals surface area contributed by atoms with Crippen molar-refractivity contribution < 1.29 is 4.79 Å². The molecule has 0 unspecified atom stereocenters. The molecular weight excluding hydrogens is 289 g/mol. The van der Waals surface area contributed by atoms with Crippen molar-refractivity contribution in [2.24, 2.45) is 0 Å². The van der Waals surface area contributed by atoms with Crippen molar-refractivity contribution in [1.82, 2.24) is 0 Å². The van der Waals surface area contributed by atoms with Gasteiger partial charge in [-0.05, 0) is 30.0 Å². The number of thiophene rings is 1. The second-order valence-electron chi connectivity index (χ2n) is 3.73. The van der Waals surface area contributed by atoms with Crippen molar-refractivity contribution in [3.05, 3.63) is 50.6 Å². The maximum Gasteiger partial charge on any atom is 0.224 e. The second kappa shape index (κ2) is 6.23. The summed E-state index contributed by atoms with van der Waals surface area (Å²) in [5, 5.41) is 5.58. The number of rotatable bonds is 4. The van der Waals surface area contributed by atoms with Gasteiger partial charge >= 0.3 is 0 Å². The maximum absolute atomic E-state index is 11.8. The van der Waals surface area contributed by atoms with E-state index >= 15 is 0 Å². The minimum atomic E-state index is -0.0624. The predicted molar refractivity (Wildman–Crippen MR) is 77.7 cm³/mol. The first-order valence-corrected chi connectivity index (χ1v) is 7.06. The van der Waals surface area contributed by atoms with Crippen LogP contribution in [0.15, 0.2) is 35.7 Å². The molecule has 1 aromatic carbocycles. The van der Waals surface area contributed by atoms with E-state index in [1.807, 2.05) is 17.5 Å². The highest BCUT2D eigenvalue weighted by atomic mass is 35.5. The number of halogens is 2. The first kappa shape index (κ1) is 13.4. The maximum atomic E-state index is 11.8. The van der Waals surface area contributed by atoms with Crippen molar-refractivity contribution in [3.8, 4) is 0 Å². The summed E-state index contributed by atoms with van der Waals surface area (Å²) in [5.74, 6) is -0.0624. The number of benzene rings is 1. The molecule has 0 aliphatic carbocycles. The van der Waals surface area contributed by atoms with Crippen molar-refractivity contribution in [2.45, 2.75) is 12.8 Å². The Morgan fingerprint density at radius 1 is 1.22 bits per heavy atom. The Morgan fingerprint density at radius 3 is 2.78 bits per heavy atom. The van der Waals surface area contributed by atoms with Crippen molar-refractivity contribution >= 4 is 46.1 Å². The molecular formula is C13H11Cl2NOS.